The van der Waals surface area contributed by atoms with Crippen LogP contribution in [0.3, 0.4) is 0 Å². The molecule has 0 spiro atoms. The SMILES string of the molecule is COC(=O)C1CCN(C(=O)[C@H]2CN3CC[C@@H]2C[C@@H]3Cn2cc(-c3ccccc3)nn2)CC1. The van der Waals surface area contributed by atoms with E-state index < -0.39 is 0 Å². The van der Waals surface area contributed by atoms with E-state index in [-0.39, 0.29) is 23.7 Å². The van der Waals surface area contributed by atoms with Gasteiger partial charge in [0.25, 0.3) is 0 Å². The number of carbonyl (C=O) groups excluding carboxylic acids is 2. The molecule has 4 saturated heterocycles. The molecule has 4 fully saturated rings. The molecule has 2 bridgehead atoms. The maximum Gasteiger partial charge on any atom is 0.308 e. The van der Waals surface area contributed by atoms with E-state index in [4.69, 9.17) is 4.74 Å². The van der Waals surface area contributed by atoms with Crippen LogP contribution in [0.25, 0.3) is 11.3 Å². The number of carbonyl (C=O) groups is 2. The number of aromatic nitrogens is 3. The lowest BCUT2D eigenvalue weighted by molar-refractivity contribution is -0.152. The zero-order chi connectivity index (χ0) is 22.1. The van der Waals surface area contributed by atoms with Crippen LogP contribution >= 0.6 is 0 Å². The average molecular weight is 438 g/mol. The van der Waals surface area contributed by atoms with E-state index in [0.29, 0.717) is 37.9 Å². The predicted molar refractivity (Wildman–Crippen MR) is 118 cm³/mol. The molecular formula is C24H31N5O3. The number of benzene rings is 1. The Bertz CT molecular complexity index is 954. The van der Waals surface area contributed by atoms with Gasteiger partial charge in [-0.2, -0.15) is 0 Å². The summed E-state index contributed by atoms with van der Waals surface area (Å²) in [6.45, 7) is 4.00. The van der Waals surface area contributed by atoms with Crippen molar-refractivity contribution >= 4 is 11.9 Å². The van der Waals surface area contributed by atoms with Gasteiger partial charge in [0.05, 0.1) is 31.7 Å². The average Bonchev–Trinajstić information content (AvgIpc) is 3.32. The molecule has 1 amide bonds. The lowest BCUT2D eigenvalue weighted by Crippen LogP contribution is -2.59. The molecule has 170 valence electrons. The summed E-state index contributed by atoms with van der Waals surface area (Å²) in [7, 11) is 1.44. The van der Waals surface area contributed by atoms with Crippen molar-refractivity contribution in [3.63, 3.8) is 0 Å². The van der Waals surface area contributed by atoms with Gasteiger partial charge < -0.3 is 9.64 Å². The number of amides is 1. The van der Waals surface area contributed by atoms with Crippen molar-refractivity contribution in [2.75, 3.05) is 33.3 Å². The first kappa shape index (κ1) is 21.1. The highest BCUT2D eigenvalue weighted by Gasteiger charge is 2.45. The highest BCUT2D eigenvalue weighted by molar-refractivity contribution is 5.80. The summed E-state index contributed by atoms with van der Waals surface area (Å²) in [5.74, 6) is 0.557. The molecule has 4 aliphatic heterocycles. The first-order valence-electron chi connectivity index (χ1n) is 11.7. The van der Waals surface area contributed by atoms with Crippen LogP contribution in [-0.2, 0) is 20.9 Å². The van der Waals surface area contributed by atoms with Crippen LogP contribution in [0, 0.1) is 17.8 Å². The Morgan fingerprint density at radius 1 is 1.09 bits per heavy atom. The van der Waals surface area contributed by atoms with Crippen LogP contribution < -0.4 is 0 Å². The summed E-state index contributed by atoms with van der Waals surface area (Å²) >= 11 is 0. The highest BCUT2D eigenvalue weighted by atomic mass is 16.5. The standard InChI is InChI=1S/C24H31N5O3/c1-32-24(31)18-7-10-27(11-8-18)23(30)21-15-28-12-9-19(21)13-20(28)14-29-16-22(25-26-29)17-5-3-2-4-6-17/h2-6,16,18-21H,7-15H2,1H3/t19-,20-,21+/m1/s1. The van der Waals surface area contributed by atoms with Gasteiger partial charge in [0.2, 0.25) is 5.91 Å². The molecule has 1 unspecified atom stereocenters. The Labute approximate surface area is 188 Å². The lowest BCUT2D eigenvalue weighted by atomic mass is 9.74. The number of likely N-dealkylation sites (tertiary alicyclic amines) is 1. The van der Waals surface area contributed by atoms with Crippen LogP contribution in [-0.4, -0.2) is 76.0 Å². The van der Waals surface area contributed by atoms with Crippen molar-refractivity contribution < 1.29 is 14.3 Å². The second-order valence-electron chi connectivity index (χ2n) is 9.35. The van der Waals surface area contributed by atoms with Crippen molar-refractivity contribution in [1.82, 2.24) is 24.8 Å². The van der Waals surface area contributed by atoms with E-state index in [1.807, 2.05) is 46.1 Å². The number of methoxy groups -OCH3 is 1. The van der Waals surface area contributed by atoms with Crippen molar-refractivity contribution in [2.24, 2.45) is 17.8 Å². The maximum atomic E-state index is 13.3. The Kier molecular flexibility index (Phi) is 5.95. The monoisotopic (exact) mass is 437 g/mol. The van der Waals surface area contributed by atoms with Crippen LogP contribution in [0.5, 0.6) is 0 Å². The van der Waals surface area contributed by atoms with Gasteiger partial charge in [-0.1, -0.05) is 35.5 Å². The number of rotatable bonds is 5. The third-order valence-electron chi connectivity index (χ3n) is 7.54. The largest absolute Gasteiger partial charge is 0.469 e. The Hall–Kier alpha value is -2.74. The Balaban J connectivity index is 1.18. The molecule has 1 aromatic heterocycles. The number of nitrogens with zero attached hydrogens (tertiary/aromatic N) is 5. The number of ether oxygens (including phenoxy) is 1. The number of hydrogen-bond donors (Lipinski definition) is 0. The van der Waals surface area contributed by atoms with E-state index in [0.717, 1.165) is 43.7 Å². The minimum atomic E-state index is -0.147. The molecule has 0 aliphatic carbocycles. The van der Waals surface area contributed by atoms with Gasteiger partial charge in [0, 0.05) is 31.2 Å². The number of esters is 1. The van der Waals surface area contributed by atoms with Gasteiger partial charge >= 0.3 is 5.97 Å². The number of piperidine rings is 4. The maximum absolute atomic E-state index is 13.3. The summed E-state index contributed by atoms with van der Waals surface area (Å²) in [6.07, 6.45) is 5.54. The zero-order valence-electron chi connectivity index (χ0n) is 18.6. The van der Waals surface area contributed by atoms with Gasteiger partial charge in [-0.25, -0.2) is 0 Å². The van der Waals surface area contributed by atoms with Gasteiger partial charge in [-0.15, -0.1) is 5.10 Å². The van der Waals surface area contributed by atoms with Crippen LogP contribution in [0.1, 0.15) is 25.7 Å². The molecule has 8 heteroatoms. The van der Waals surface area contributed by atoms with E-state index in [1.165, 1.54) is 7.11 Å². The molecule has 5 heterocycles. The summed E-state index contributed by atoms with van der Waals surface area (Å²) in [5.41, 5.74) is 1.97. The fraction of sp³-hybridized carbons (Fsp3) is 0.583. The Morgan fingerprint density at radius 2 is 1.88 bits per heavy atom. The molecular weight excluding hydrogens is 406 g/mol. The third kappa shape index (κ3) is 4.16. The predicted octanol–water partition coefficient (Wildman–Crippen LogP) is 2.07. The summed E-state index contributed by atoms with van der Waals surface area (Å²) < 4.78 is 6.82. The van der Waals surface area contributed by atoms with Crippen molar-refractivity contribution in [1.29, 1.82) is 0 Å². The van der Waals surface area contributed by atoms with Crippen LogP contribution in [0.2, 0.25) is 0 Å². The van der Waals surface area contributed by atoms with Crippen molar-refractivity contribution in [3.05, 3.63) is 36.5 Å². The molecule has 0 saturated carbocycles. The second kappa shape index (κ2) is 9.02. The summed E-state index contributed by atoms with van der Waals surface area (Å²) in [5, 5.41) is 8.70. The molecule has 4 atom stereocenters. The first-order valence-corrected chi connectivity index (χ1v) is 11.7. The van der Waals surface area contributed by atoms with E-state index in [1.54, 1.807) is 0 Å². The van der Waals surface area contributed by atoms with Crippen molar-refractivity contribution in [3.8, 4) is 11.3 Å². The molecule has 0 N–H and O–H groups in total. The van der Waals surface area contributed by atoms with E-state index in [9.17, 15) is 9.59 Å². The molecule has 0 radical (unpaired) electrons. The summed E-state index contributed by atoms with van der Waals surface area (Å²) in [4.78, 5) is 29.5. The lowest BCUT2D eigenvalue weighted by Gasteiger charge is -2.50. The molecule has 1 aromatic carbocycles. The quantitative estimate of drug-likeness (QED) is 0.666. The first-order chi connectivity index (χ1) is 15.6. The van der Waals surface area contributed by atoms with Crippen molar-refractivity contribution in [2.45, 2.75) is 38.3 Å². The molecule has 8 nitrogen and oxygen atoms in total. The third-order valence-corrected chi connectivity index (χ3v) is 7.54. The Morgan fingerprint density at radius 3 is 2.56 bits per heavy atom. The molecule has 6 rings (SSSR count). The minimum Gasteiger partial charge on any atom is -0.469 e. The highest BCUT2D eigenvalue weighted by Crippen LogP contribution is 2.38. The summed E-state index contributed by atoms with van der Waals surface area (Å²) in [6, 6.07) is 10.5. The van der Waals surface area contributed by atoms with Gasteiger partial charge in [-0.3, -0.25) is 19.2 Å². The smallest absolute Gasteiger partial charge is 0.308 e. The molecule has 32 heavy (non-hydrogen) atoms. The fourth-order valence-corrected chi connectivity index (χ4v) is 5.69. The normalized spacial score (nSPS) is 28.0. The van der Waals surface area contributed by atoms with Crippen LogP contribution in [0.15, 0.2) is 36.5 Å². The van der Waals surface area contributed by atoms with Gasteiger partial charge in [0.1, 0.15) is 5.69 Å². The van der Waals surface area contributed by atoms with Gasteiger partial charge in [-0.05, 0) is 38.1 Å². The fourth-order valence-electron chi connectivity index (χ4n) is 5.69. The van der Waals surface area contributed by atoms with E-state index in [2.05, 4.69) is 15.2 Å². The minimum absolute atomic E-state index is 0.0663. The molecule has 4 aliphatic rings. The molecule has 2 aromatic rings. The number of hydrogen-bond acceptors (Lipinski definition) is 6. The second-order valence-corrected chi connectivity index (χ2v) is 9.35. The van der Waals surface area contributed by atoms with Crippen LogP contribution in [0.4, 0.5) is 0 Å². The van der Waals surface area contributed by atoms with E-state index >= 15 is 0 Å². The number of fused-ring (bicyclic) bond motifs is 3. The topological polar surface area (TPSA) is 80.6 Å². The zero-order valence-corrected chi connectivity index (χ0v) is 18.6. The van der Waals surface area contributed by atoms with Gasteiger partial charge in [0.15, 0.2) is 0 Å².